The van der Waals surface area contributed by atoms with E-state index in [2.05, 4.69) is 10.2 Å². The molecule has 158 valence electrons. The van der Waals surface area contributed by atoms with Gasteiger partial charge in [-0.3, -0.25) is 4.79 Å². The fraction of sp³-hybridized carbons (Fsp3) is 0.286. The van der Waals surface area contributed by atoms with Crippen molar-refractivity contribution in [1.82, 2.24) is 15.1 Å². The minimum Gasteiger partial charge on any atom is -0.497 e. The van der Waals surface area contributed by atoms with E-state index in [4.69, 9.17) is 9.47 Å². The number of thioether (sulfide) groups is 2. The molecular weight excluding hydrogens is 438 g/mol. The third kappa shape index (κ3) is 6.65. The molecule has 0 N–H and O–H groups in total. The average Bonchev–Trinajstić information content (AvgIpc) is 3.24. The SMILES string of the molecule is COc1ccc(CSc2nnc(SCC(=O)N(C)Cc3cccc(OC)c3)s2)cc1. The van der Waals surface area contributed by atoms with E-state index in [9.17, 15) is 4.79 Å². The molecule has 9 heteroatoms. The zero-order valence-electron chi connectivity index (χ0n) is 17.0. The number of amides is 1. The minimum absolute atomic E-state index is 0.0467. The Hall–Kier alpha value is -2.23. The number of aromatic nitrogens is 2. The number of hydrogen-bond acceptors (Lipinski definition) is 8. The quantitative estimate of drug-likeness (QED) is 0.409. The van der Waals surface area contributed by atoms with Gasteiger partial charge in [0.15, 0.2) is 8.68 Å². The van der Waals surface area contributed by atoms with Gasteiger partial charge in [-0.2, -0.15) is 0 Å². The predicted molar refractivity (Wildman–Crippen MR) is 123 cm³/mol. The number of carbonyl (C=O) groups excluding carboxylic acids is 1. The van der Waals surface area contributed by atoms with Crippen LogP contribution in [-0.4, -0.2) is 48.0 Å². The number of hydrogen-bond donors (Lipinski definition) is 0. The van der Waals surface area contributed by atoms with Gasteiger partial charge in [0.1, 0.15) is 11.5 Å². The van der Waals surface area contributed by atoms with Crippen molar-refractivity contribution in [3.05, 3.63) is 59.7 Å². The van der Waals surface area contributed by atoms with Gasteiger partial charge in [-0.15, -0.1) is 10.2 Å². The van der Waals surface area contributed by atoms with E-state index in [1.54, 1.807) is 37.9 Å². The van der Waals surface area contributed by atoms with Crippen LogP contribution in [0, 0.1) is 0 Å². The molecule has 1 aromatic heterocycles. The highest BCUT2D eigenvalue weighted by Crippen LogP contribution is 2.31. The number of nitrogens with zero attached hydrogens (tertiary/aromatic N) is 3. The number of carbonyl (C=O) groups is 1. The third-order valence-electron chi connectivity index (χ3n) is 4.21. The van der Waals surface area contributed by atoms with Crippen LogP contribution in [0.1, 0.15) is 11.1 Å². The molecule has 6 nitrogen and oxygen atoms in total. The maximum Gasteiger partial charge on any atom is 0.233 e. The lowest BCUT2D eigenvalue weighted by Gasteiger charge is -2.17. The molecule has 0 aliphatic heterocycles. The smallest absolute Gasteiger partial charge is 0.233 e. The van der Waals surface area contributed by atoms with Crippen LogP contribution in [-0.2, 0) is 17.1 Å². The van der Waals surface area contributed by atoms with Crippen LogP contribution in [0.3, 0.4) is 0 Å². The zero-order valence-corrected chi connectivity index (χ0v) is 19.5. The maximum atomic E-state index is 12.5. The molecule has 0 saturated heterocycles. The summed E-state index contributed by atoms with van der Waals surface area (Å²) < 4.78 is 12.1. The van der Waals surface area contributed by atoms with E-state index < -0.39 is 0 Å². The fourth-order valence-corrected chi connectivity index (χ4v) is 5.46. The number of benzene rings is 2. The summed E-state index contributed by atoms with van der Waals surface area (Å²) in [5, 5.41) is 8.42. The first-order chi connectivity index (χ1) is 14.6. The second kappa shape index (κ2) is 11.2. The maximum absolute atomic E-state index is 12.5. The first kappa shape index (κ1) is 22.5. The molecule has 0 radical (unpaired) electrons. The molecule has 1 amide bonds. The lowest BCUT2D eigenvalue weighted by atomic mass is 10.2. The standard InChI is InChI=1S/C21H23N3O3S3/c1-24(12-16-5-4-6-18(11-16)27-3)19(25)14-29-21-23-22-20(30-21)28-13-15-7-9-17(26-2)10-8-15/h4-11H,12-14H2,1-3H3. The van der Waals surface area contributed by atoms with E-state index in [1.807, 2.05) is 48.5 Å². The summed E-state index contributed by atoms with van der Waals surface area (Å²) in [5.41, 5.74) is 2.22. The van der Waals surface area contributed by atoms with Crippen LogP contribution in [0.2, 0.25) is 0 Å². The molecule has 0 aliphatic rings. The summed E-state index contributed by atoms with van der Waals surface area (Å²) in [5.74, 6) is 2.82. The van der Waals surface area contributed by atoms with Crippen molar-refractivity contribution in [2.75, 3.05) is 27.0 Å². The lowest BCUT2D eigenvalue weighted by molar-refractivity contribution is -0.127. The van der Waals surface area contributed by atoms with Crippen LogP contribution in [0.25, 0.3) is 0 Å². The fourth-order valence-electron chi connectivity index (χ4n) is 2.55. The molecule has 1 heterocycles. The lowest BCUT2D eigenvalue weighted by Crippen LogP contribution is -2.27. The van der Waals surface area contributed by atoms with Crippen LogP contribution < -0.4 is 9.47 Å². The summed E-state index contributed by atoms with van der Waals surface area (Å²) >= 11 is 4.57. The van der Waals surface area contributed by atoms with Crippen molar-refractivity contribution in [2.24, 2.45) is 0 Å². The highest BCUT2D eigenvalue weighted by atomic mass is 32.2. The van der Waals surface area contributed by atoms with Gasteiger partial charge >= 0.3 is 0 Å². The van der Waals surface area contributed by atoms with Gasteiger partial charge in [-0.25, -0.2) is 0 Å². The van der Waals surface area contributed by atoms with Crippen molar-refractivity contribution in [3.63, 3.8) is 0 Å². The Morgan fingerprint density at radius 1 is 0.967 bits per heavy atom. The third-order valence-corrected chi connectivity index (χ3v) is 7.45. The zero-order chi connectivity index (χ0) is 21.3. The Balaban J connectivity index is 1.45. The molecule has 0 aliphatic carbocycles. The Morgan fingerprint density at radius 2 is 1.67 bits per heavy atom. The van der Waals surface area contributed by atoms with Crippen LogP contribution >= 0.6 is 34.9 Å². The summed E-state index contributed by atoms with van der Waals surface area (Å²) in [4.78, 5) is 14.2. The number of rotatable bonds is 10. The van der Waals surface area contributed by atoms with Gasteiger partial charge in [0.05, 0.1) is 20.0 Å². The highest BCUT2D eigenvalue weighted by Gasteiger charge is 2.13. The van der Waals surface area contributed by atoms with Crippen LogP contribution in [0.15, 0.2) is 57.2 Å². The molecule has 3 rings (SSSR count). The predicted octanol–water partition coefficient (Wildman–Crippen LogP) is 4.60. The summed E-state index contributed by atoms with van der Waals surface area (Å²) in [6, 6.07) is 15.7. The van der Waals surface area contributed by atoms with E-state index in [-0.39, 0.29) is 5.91 Å². The second-order valence-corrected chi connectivity index (χ2v) is 9.78. The highest BCUT2D eigenvalue weighted by molar-refractivity contribution is 8.03. The first-order valence-corrected chi connectivity index (χ1v) is 11.9. The Bertz CT molecular complexity index is 963. The van der Waals surface area contributed by atoms with Crippen molar-refractivity contribution in [3.8, 4) is 11.5 Å². The van der Waals surface area contributed by atoms with Gasteiger partial charge < -0.3 is 14.4 Å². The van der Waals surface area contributed by atoms with E-state index in [1.165, 1.54) is 28.7 Å². The minimum atomic E-state index is 0.0467. The van der Waals surface area contributed by atoms with Crippen molar-refractivity contribution >= 4 is 40.8 Å². The molecule has 0 spiro atoms. The van der Waals surface area contributed by atoms with Gasteiger partial charge in [-0.05, 0) is 35.4 Å². The Kier molecular flexibility index (Phi) is 8.41. The van der Waals surface area contributed by atoms with E-state index >= 15 is 0 Å². The van der Waals surface area contributed by atoms with Gasteiger partial charge in [0, 0.05) is 19.3 Å². The molecular formula is C21H23N3O3S3. The Morgan fingerprint density at radius 3 is 2.37 bits per heavy atom. The average molecular weight is 462 g/mol. The van der Waals surface area contributed by atoms with E-state index in [0.29, 0.717) is 12.3 Å². The van der Waals surface area contributed by atoms with Crippen molar-refractivity contribution in [2.45, 2.75) is 21.0 Å². The summed E-state index contributed by atoms with van der Waals surface area (Å²) in [6.07, 6.45) is 0. The topological polar surface area (TPSA) is 64.6 Å². The summed E-state index contributed by atoms with van der Waals surface area (Å²) in [6.45, 7) is 0.537. The first-order valence-electron chi connectivity index (χ1n) is 9.16. The van der Waals surface area contributed by atoms with E-state index in [0.717, 1.165) is 31.5 Å². The van der Waals surface area contributed by atoms with Crippen molar-refractivity contribution in [1.29, 1.82) is 0 Å². The molecule has 3 aromatic rings. The van der Waals surface area contributed by atoms with Crippen LogP contribution in [0.4, 0.5) is 0 Å². The normalized spacial score (nSPS) is 10.6. The van der Waals surface area contributed by atoms with Crippen LogP contribution in [0.5, 0.6) is 11.5 Å². The van der Waals surface area contributed by atoms with Gasteiger partial charge in [0.25, 0.3) is 0 Å². The van der Waals surface area contributed by atoms with Gasteiger partial charge in [-0.1, -0.05) is 59.1 Å². The molecule has 0 unspecified atom stereocenters. The largest absolute Gasteiger partial charge is 0.497 e. The molecule has 0 atom stereocenters. The van der Waals surface area contributed by atoms with Gasteiger partial charge in [0.2, 0.25) is 5.91 Å². The molecule has 30 heavy (non-hydrogen) atoms. The number of ether oxygens (including phenoxy) is 2. The molecule has 0 fully saturated rings. The summed E-state index contributed by atoms with van der Waals surface area (Å²) in [7, 11) is 5.10. The second-order valence-electron chi connectivity index (χ2n) is 6.36. The Labute approximate surface area is 189 Å². The molecule has 0 saturated carbocycles. The monoisotopic (exact) mass is 461 g/mol. The number of methoxy groups -OCH3 is 2. The molecule has 0 bridgehead atoms. The molecule has 2 aromatic carbocycles. The van der Waals surface area contributed by atoms with Crippen molar-refractivity contribution < 1.29 is 14.3 Å².